The number of carbonyl (C=O) groups is 2. The Balaban J connectivity index is 2.21. The third-order valence-corrected chi connectivity index (χ3v) is 2.25. The quantitative estimate of drug-likeness (QED) is 0.767. The molecule has 0 spiro atoms. The number of nitrogens with two attached hydrogens (primary N) is 1. The average molecular weight is 238 g/mol. The van der Waals surface area contributed by atoms with Crippen molar-refractivity contribution in [1.29, 1.82) is 0 Å². The number of benzene rings is 1. The molecule has 0 aliphatic heterocycles. The van der Waals surface area contributed by atoms with E-state index in [4.69, 9.17) is 5.73 Å². The Kier molecular flexibility index (Phi) is 5.13. The van der Waals surface area contributed by atoms with Crippen molar-refractivity contribution in [2.24, 2.45) is 5.73 Å². The van der Waals surface area contributed by atoms with Gasteiger partial charge in [0.15, 0.2) is 0 Å². The summed E-state index contributed by atoms with van der Waals surface area (Å²) in [6.45, 7) is 0.462. The molecular weight excluding hydrogens is 223 g/mol. The van der Waals surface area contributed by atoms with Gasteiger partial charge in [-0.05, 0) is 24.1 Å². The largest absolute Gasteiger partial charge is 0.370 e. The summed E-state index contributed by atoms with van der Waals surface area (Å²) in [7, 11) is 0. The predicted octanol–water partition coefficient (Wildman–Crippen LogP) is 0.750. The van der Waals surface area contributed by atoms with E-state index >= 15 is 0 Å². The Morgan fingerprint density at radius 1 is 1.18 bits per heavy atom. The number of hydrogen-bond acceptors (Lipinski definition) is 2. The summed E-state index contributed by atoms with van der Waals surface area (Å²) < 4.78 is 12.6. The van der Waals surface area contributed by atoms with Gasteiger partial charge in [0.25, 0.3) is 0 Å². The fourth-order valence-electron chi connectivity index (χ4n) is 1.32. The molecule has 5 heteroatoms. The van der Waals surface area contributed by atoms with Crippen LogP contribution in [0.2, 0.25) is 0 Å². The topological polar surface area (TPSA) is 72.2 Å². The van der Waals surface area contributed by atoms with Crippen LogP contribution in [0.4, 0.5) is 4.39 Å². The fourth-order valence-corrected chi connectivity index (χ4v) is 1.32. The highest BCUT2D eigenvalue weighted by atomic mass is 19.1. The van der Waals surface area contributed by atoms with Gasteiger partial charge in [-0.2, -0.15) is 0 Å². The van der Waals surface area contributed by atoms with Crippen LogP contribution in [-0.2, 0) is 16.0 Å². The van der Waals surface area contributed by atoms with Crippen molar-refractivity contribution in [1.82, 2.24) is 5.32 Å². The van der Waals surface area contributed by atoms with E-state index in [1.165, 1.54) is 12.1 Å². The molecule has 0 aromatic heterocycles. The second-order valence-electron chi connectivity index (χ2n) is 3.69. The number of carbonyl (C=O) groups excluding carboxylic acids is 2. The van der Waals surface area contributed by atoms with Crippen LogP contribution in [0, 0.1) is 5.82 Å². The van der Waals surface area contributed by atoms with E-state index in [-0.39, 0.29) is 24.6 Å². The lowest BCUT2D eigenvalue weighted by molar-refractivity contribution is -0.125. The van der Waals surface area contributed by atoms with E-state index in [2.05, 4.69) is 5.32 Å². The van der Waals surface area contributed by atoms with Crippen molar-refractivity contribution < 1.29 is 14.0 Å². The summed E-state index contributed by atoms with van der Waals surface area (Å²) in [6.07, 6.45) is 0.795. The molecule has 0 heterocycles. The predicted molar refractivity (Wildman–Crippen MR) is 61.5 cm³/mol. The molecule has 1 aromatic carbocycles. The molecule has 0 radical (unpaired) electrons. The van der Waals surface area contributed by atoms with Crippen molar-refractivity contribution in [3.63, 3.8) is 0 Å². The summed E-state index contributed by atoms with van der Waals surface area (Å²) >= 11 is 0. The Morgan fingerprint density at radius 2 is 1.82 bits per heavy atom. The SMILES string of the molecule is NC(=O)CCC(=O)NCCc1ccc(F)cc1. The molecule has 0 saturated heterocycles. The molecule has 17 heavy (non-hydrogen) atoms. The summed E-state index contributed by atoms with van der Waals surface area (Å²) in [4.78, 5) is 21.7. The lowest BCUT2D eigenvalue weighted by Gasteiger charge is -2.04. The van der Waals surface area contributed by atoms with E-state index < -0.39 is 5.91 Å². The van der Waals surface area contributed by atoms with E-state index in [1.54, 1.807) is 12.1 Å². The summed E-state index contributed by atoms with van der Waals surface area (Å²) in [5, 5.41) is 2.66. The molecule has 0 fully saturated rings. The molecule has 2 amide bonds. The van der Waals surface area contributed by atoms with Gasteiger partial charge in [0.1, 0.15) is 5.82 Å². The number of primary amides is 1. The molecule has 0 atom stereocenters. The lowest BCUT2D eigenvalue weighted by atomic mass is 10.1. The first-order valence-corrected chi connectivity index (χ1v) is 5.37. The molecular formula is C12H15FN2O2. The van der Waals surface area contributed by atoms with Gasteiger partial charge in [0, 0.05) is 19.4 Å². The van der Waals surface area contributed by atoms with E-state index in [0.717, 1.165) is 5.56 Å². The van der Waals surface area contributed by atoms with Crippen LogP contribution in [0.3, 0.4) is 0 Å². The normalized spacial score (nSPS) is 9.94. The third-order valence-electron chi connectivity index (χ3n) is 2.25. The van der Waals surface area contributed by atoms with E-state index in [9.17, 15) is 14.0 Å². The number of halogens is 1. The first kappa shape index (κ1) is 13.2. The molecule has 92 valence electrons. The summed E-state index contributed by atoms with van der Waals surface area (Å²) in [5.74, 6) is -0.969. The minimum Gasteiger partial charge on any atom is -0.370 e. The van der Waals surface area contributed by atoms with Crippen LogP contribution in [0.5, 0.6) is 0 Å². The van der Waals surface area contributed by atoms with Gasteiger partial charge in [-0.3, -0.25) is 9.59 Å². The van der Waals surface area contributed by atoms with Crippen molar-refractivity contribution >= 4 is 11.8 Å². The molecule has 0 aliphatic rings. The van der Waals surface area contributed by atoms with Crippen molar-refractivity contribution in [2.75, 3.05) is 6.54 Å². The first-order chi connectivity index (χ1) is 8.08. The van der Waals surface area contributed by atoms with E-state index in [1.807, 2.05) is 0 Å². The number of rotatable bonds is 6. The first-order valence-electron chi connectivity index (χ1n) is 5.37. The monoisotopic (exact) mass is 238 g/mol. The lowest BCUT2D eigenvalue weighted by Crippen LogP contribution is -2.26. The van der Waals surface area contributed by atoms with Gasteiger partial charge < -0.3 is 11.1 Å². The van der Waals surface area contributed by atoms with Crippen LogP contribution in [-0.4, -0.2) is 18.4 Å². The molecule has 3 N–H and O–H groups in total. The van der Waals surface area contributed by atoms with Crippen molar-refractivity contribution in [3.05, 3.63) is 35.6 Å². The minimum atomic E-state index is -0.487. The van der Waals surface area contributed by atoms with Gasteiger partial charge in [0.2, 0.25) is 11.8 Å². The van der Waals surface area contributed by atoms with Gasteiger partial charge in [-0.1, -0.05) is 12.1 Å². The molecule has 4 nitrogen and oxygen atoms in total. The van der Waals surface area contributed by atoms with Crippen LogP contribution in [0.25, 0.3) is 0 Å². The van der Waals surface area contributed by atoms with Gasteiger partial charge in [-0.25, -0.2) is 4.39 Å². The Hall–Kier alpha value is -1.91. The molecule has 1 aromatic rings. The highest BCUT2D eigenvalue weighted by Gasteiger charge is 2.03. The number of nitrogens with one attached hydrogen (secondary N) is 1. The maximum absolute atomic E-state index is 12.6. The standard InChI is InChI=1S/C12H15FN2O2/c13-10-3-1-9(2-4-10)7-8-15-12(17)6-5-11(14)16/h1-4H,5-8H2,(H2,14,16)(H,15,17). The van der Waals surface area contributed by atoms with Gasteiger partial charge >= 0.3 is 0 Å². The Labute approximate surface area is 99.0 Å². The van der Waals surface area contributed by atoms with Gasteiger partial charge in [0.05, 0.1) is 0 Å². The highest BCUT2D eigenvalue weighted by molar-refractivity contribution is 5.82. The second kappa shape index (κ2) is 6.62. The van der Waals surface area contributed by atoms with Crippen molar-refractivity contribution in [2.45, 2.75) is 19.3 Å². The molecule has 0 bridgehead atoms. The zero-order valence-corrected chi connectivity index (χ0v) is 9.41. The average Bonchev–Trinajstić information content (AvgIpc) is 2.29. The van der Waals surface area contributed by atoms with Crippen LogP contribution in [0.15, 0.2) is 24.3 Å². The maximum atomic E-state index is 12.6. The van der Waals surface area contributed by atoms with E-state index in [0.29, 0.717) is 13.0 Å². The smallest absolute Gasteiger partial charge is 0.220 e. The summed E-state index contributed by atoms with van der Waals surface area (Å²) in [5.41, 5.74) is 5.87. The number of hydrogen-bond donors (Lipinski definition) is 2. The van der Waals surface area contributed by atoms with Crippen LogP contribution in [0.1, 0.15) is 18.4 Å². The third kappa shape index (κ3) is 5.65. The van der Waals surface area contributed by atoms with Crippen LogP contribution >= 0.6 is 0 Å². The zero-order chi connectivity index (χ0) is 12.7. The Morgan fingerprint density at radius 3 is 2.41 bits per heavy atom. The minimum absolute atomic E-state index is 0.0579. The van der Waals surface area contributed by atoms with Crippen LogP contribution < -0.4 is 11.1 Å². The Bertz CT molecular complexity index is 390. The number of amides is 2. The molecule has 0 unspecified atom stereocenters. The van der Waals surface area contributed by atoms with Crippen molar-refractivity contribution in [3.8, 4) is 0 Å². The molecule has 0 saturated carbocycles. The summed E-state index contributed by atoms with van der Waals surface area (Å²) in [6, 6.07) is 6.10. The highest BCUT2D eigenvalue weighted by Crippen LogP contribution is 2.02. The zero-order valence-electron chi connectivity index (χ0n) is 9.41. The second-order valence-corrected chi connectivity index (χ2v) is 3.69. The molecule has 0 aliphatic carbocycles. The molecule has 1 rings (SSSR count). The fraction of sp³-hybridized carbons (Fsp3) is 0.333. The van der Waals surface area contributed by atoms with Gasteiger partial charge in [-0.15, -0.1) is 0 Å². The maximum Gasteiger partial charge on any atom is 0.220 e.